The highest BCUT2D eigenvalue weighted by Gasteiger charge is 2.53. The summed E-state index contributed by atoms with van der Waals surface area (Å²) in [5.74, 6) is 1.03. The maximum absolute atomic E-state index is 6.74. The average molecular weight is 411 g/mol. The predicted molar refractivity (Wildman–Crippen MR) is 117 cm³/mol. The van der Waals surface area contributed by atoms with Gasteiger partial charge in [-0.05, 0) is 25.5 Å². The fraction of sp³-hybridized carbons (Fsp3) is 0.458. The van der Waals surface area contributed by atoms with E-state index in [0.29, 0.717) is 0 Å². The van der Waals surface area contributed by atoms with Gasteiger partial charge in [-0.3, -0.25) is 0 Å². The molecule has 0 aromatic heterocycles. The second-order valence-corrected chi connectivity index (χ2v) is 9.09. The predicted octanol–water partition coefficient (Wildman–Crippen LogP) is 3.98. The van der Waals surface area contributed by atoms with Crippen LogP contribution in [0, 0.1) is 6.92 Å². The number of ether oxygens (including phenoxy) is 1. The van der Waals surface area contributed by atoms with Gasteiger partial charge < -0.3 is 9.64 Å². The summed E-state index contributed by atoms with van der Waals surface area (Å²) in [7, 11) is 0. The Balaban J connectivity index is 1.55. The van der Waals surface area contributed by atoms with Gasteiger partial charge in [-0.15, -0.1) is 0 Å². The van der Waals surface area contributed by atoms with Gasteiger partial charge in [-0.2, -0.15) is 5.10 Å². The summed E-state index contributed by atoms with van der Waals surface area (Å²) in [6, 6.07) is 14.8. The van der Waals surface area contributed by atoms with E-state index in [1.165, 1.54) is 24.1 Å². The molecule has 1 saturated heterocycles. The molecule has 2 aromatic rings. The molecule has 0 aliphatic carbocycles. The zero-order valence-corrected chi connectivity index (χ0v) is 18.0. The Morgan fingerprint density at radius 1 is 1.21 bits per heavy atom. The fourth-order valence-corrected chi connectivity index (χ4v) is 5.43. The summed E-state index contributed by atoms with van der Waals surface area (Å²) < 4.78 is 6.74. The van der Waals surface area contributed by atoms with Gasteiger partial charge in [0.25, 0.3) is 0 Å². The fourth-order valence-electron chi connectivity index (χ4n) is 5.19. The van der Waals surface area contributed by atoms with Crippen LogP contribution in [0.2, 0.25) is 5.02 Å². The number of hydrogen-bond acceptors (Lipinski definition) is 3. The minimum Gasteiger partial charge on any atom is -0.466 e. The summed E-state index contributed by atoms with van der Waals surface area (Å²) in [6.07, 6.45) is 4.11. The third-order valence-electron chi connectivity index (χ3n) is 6.68. The molecule has 1 fully saturated rings. The Morgan fingerprint density at radius 3 is 2.76 bits per heavy atom. The number of rotatable bonds is 3. The van der Waals surface area contributed by atoms with E-state index in [4.69, 9.17) is 21.4 Å². The minimum absolute atomic E-state index is 0.220. The molecular formula is C24H29ClN3O+. The standard InChI is InChI=1S/C24H28ClN3O/c1-3-12-27-13-10-24(11-14-27)28-22(19-15-17(2)8-9-23(19)29-24)16-21(26-28)18-6-4-5-7-20(18)25/h4-9,15,22H,3,10-14,16H2,1-2H3/p+1/t22-/m0/s1. The molecule has 3 aliphatic heterocycles. The first-order chi connectivity index (χ1) is 14.1. The van der Waals surface area contributed by atoms with Crippen LogP contribution in [0.25, 0.3) is 0 Å². The van der Waals surface area contributed by atoms with Crippen molar-refractivity contribution in [3.8, 4) is 5.75 Å². The van der Waals surface area contributed by atoms with Crippen molar-refractivity contribution >= 4 is 17.3 Å². The SMILES string of the molecule is CCC[NH+]1CCC2(CC1)Oc1ccc(C)cc1[C@@H]1CC(c3ccccc3Cl)=NN12. The van der Waals surface area contributed by atoms with Gasteiger partial charge in [0, 0.05) is 22.6 Å². The average Bonchev–Trinajstić information content (AvgIpc) is 3.18. The van der Waals surface area contributed by atoms with E-state index in [1.54, 1.807) is 4.90 Å². The number of hydrazone groups is 1. The van der Waals surface area contributed by atoms with Crippen molar-refractivity contribution in [1.29, 1.82) is 0 Å². The van der Waals surface area contributed by atoms with E-state index in [9.17, 15) is 0 Å². The number of likely N-dealkylation sites (tertiary alicyclic amines) is 1. The van der Waals surface area contributed by atoms with E-state index < -0.39 is 0 Å². The van der Waals surface area contributed by atoms with Gasteiger partial charge in [0.1, 0.15) is 5.75 Å². The molecule has 2 aromatic carbocycles. The van der Waals surface area contributed by atoms with Crippen LogP contribution in [0.1, 0.15) is 55.3 Å². The van der Waals surface area contributed by atoms with Gasteiger partial charge in [0.15, 0.2) is 0 Å². The van der Waals surface area contributed by atoms with Crippen molar-refractivity contribution in [3.63, 3.8) is 0 Å². The molecule has 0 radical (unpaired) electrons. The van der Waals surface area contributed by atoms with Gasteiger partial charge in [-0.25, -0.2) is 5.01 Å². The molecule has 5 rings (SSSR count). The summed E-state index contributed by atoms with van der Waals surface area (Å²) in [6.45, 7) is 7.92. The van der Waals surface area contributed by atoms with E-state index >= 15 is 0 Å². The van der Waals surface area contributed by atoms with E-state index in [1.807, 2.05) is 18.2 Å². The number of fused-ring (bicyclic) bond motifs is 4. The molecule has 152 valence electrons. The smallest absolute Gasteiger partial charge is 0.208 e. The number of quaternary nitrogens is 1. The largest absolute Gasteiger partial charge is 0.466 e. The highest BCUT2D eigenvalue weighted by Crippen LogP contribution is 2.49. The van der Waals surface area contributed by atoms with Crippen molar-refractivity contribution in [2.45, 2.75) is 51.3 Å². The lowest BCUT2D eigenvalue weighted by Crippen LogP contribution is -3.14. The molecule has 3 heterocycles. The van der Waals surface area contributed by atoms with E-state index in [2.05, 4.69) is 43.1 Å². The normalized spacial score (nSPS) is 28.0. The highest BCUT2D eigenvalue weighted by atomic mass is 35.5. The number of benzene rings is 2. The van der Waals surface area contributed by atoms with E-state index in [0.717, 1.165) is 54.4 Å². The van der Waals surface area contributed by atoms with Gasteiger partial charge >= 0.3 is 0 Å². The summed E-state index contributed by atoms with van der Waals surface area (Å²) >= 11 is 6.52. The molecule has 29 heavy (non-hydrogen) atoms. The van der Waals surface area contributed by atoms with Crippen LogP contribution in [0.5, 0.6) is 5.75 Å². The third-order valence-corrected chi connectivity index (χ3v) is 7.01. The first-order valence-corrected chi connectivity index (χ1v) is 11.2. The van der Waals surface area contributed by atoms with Crippen LogP contribution in [-0.2, 0) is 0 Å². The molecule has 0 saturated carbocycles. The first-order valence-electron chi connectivity index (χ1n) is 10.8. The van der Waals surface area contributed by atoms with Crippen LogP contribution in [0.15, 0.2) is 47.6 Å². The Hall–Kier alpha value is -2.04. The molecule has 1 atom stereocenters. The number of hydrogen-bond donors (Lipinski definition) is 1. The van der Waals surface area contributed by atoms with Crippen LogP contribution in [0.4, 0.5) is 0 Å². The Kier molecular flexibility index (Phi) is 4.79. The summed E-state index contributed by atoms with van der Waals surface area (Å²) in [5, 5.41) is 8.21. The second-order valence-electron chi connectivity index (χ2n) is 8.68. The molecule has 5 heteroatoms. The summed E-state index contributed by atoms with van der Waals surface area (Å²) in [4.78, 5) is 1.68. The number of aryl methyl sites for hydroxylation is 1. The van der Waals surface area contributed by atoms with Crippen molar-refractivity contribution in [3.05, 3.63) is 64.2 Å². The summed E-state index contributed by atoms with van der Waals surface area (Å²) in [5.41, 5.74) is 4.29. The maximum Gasteiger partial charge on any atom is 0.208 e. The quantitative estimate of drug-likeness (QED) is 0.829. The Labute approximate surface area is 178 Å². The number of nitrogens with zero attached hydrogens (tertiary/aromatic N) is 2. The van der Waals surface area contributed by atoms with Crippen molar-refractivity contribution < 1.29 is 9.64 Å². The third kappa shape index (κ3) is 3.23. The number of nitrogens with one attached hydrogen (secondary N) is 1. The molecule has 3 aliphatic rings. The monoisotopic (exact) mass is 410 g/mol. The Bertz CT molecular complexity index is 949. The van der Waals surface area contributed by atoms with Gasteiger partial charge in [-0.1, -0.05) is 54.4 Å². The molecule has 0 bridgehead atoms. The number of piperidine rings is 1. The lowest BCUT2D eigenvalue weighted by atomic mass is 9.90. The maximum atomic E-state index is 6.74. The molecule has 1 N–H and O–H groups in total. The lowest BCUT2D eigenvalue weighted by molar-refractivity contribution is -0.908. The first kappa shape index (κ1) is 19.0. The molecule has 4 nitrogen and oxygen atoms in total. The topological polar surface area (TPSA) is 29.3 Å². The molecule has 1 spiro atoms. The van der Waals surface area contributed by atoms with Crippen molar-refractivity contribution in [2.75, 3.05) is 19.6 Å². The van der Waals surface area contributed by atoms with Crippen molar-refractivity contribution in [2.24, 2.45) is 5.10 Å². The lowest BCUT2D eigenvalue weighted by Gasteiger charge is -2.50. The highest BCUT2D eigenvalue weighted by molar-refractivity contribution is 6.34. The molecular weight excluding hydrogens is 382 g/mol. The molecule has 0 amide bonds. The van der Waals surface area contributed by atoms with Crippen LogP contribution in [-0.4, -0.2) is 36.1 Å². The van der Waals surface area contributed by atoms with Crippen molar-refractivity contribution in [1.82, 2.24) is 5.01 Å². The second kappa shape index (κ2) is 7.33. The van der Waals surface area contributed by atoms with Crippen LogP contribution < -0.4 is 9.64 Å². The minimum atomic E-state index is -0.340. The molecule has 0 unspecified atom stereocenters. The van der Waals surface area contributed by atoms with Gasteiger partial charge in [0.2, 0.25) is 5.72 Å². The zero-order chi connectivity index (χ0) is 20.0. The zero-order valence-electron chi connectivity index (χ0n) is 17.2. The van der Waals surface area contributed by atoms with Crippen LogP contribution >= 0.6 is 11.6 Å². The number of halogens is 1. The van der Waals surface area contributed by atoms with Gasteiger partial charge in [0.05, 0.1) is 44.2 Å². The van der Waals surface area contributed by atoms with E-state index in [-0.39, 0.29) is 11.8 Å². The Morgan fingerprint density at radius 2 is 2.00 bits per heavy atom. The van der Waals surface area contributed by atoms with Crippen LogP contribution in [0.3, 0.4) is 0 Å².